The molecule has 0 aliphatic carbocycles. The van der Waals surface area contributed by atoms with Gasteiger partial charge in [-0.1, -0.05) is 6.07 Å². The predicted molar refractivity (Wildman–Crippen MR) is 65.2 cm³/mol. The Hall–Kier alpha value is -0.920. The van der Waals surface area contributed by atoms with Crippen molar-refractivity contribution in [2.75, 3.05) is 5.73 Å². The molecular weight excluding hydrogens is 332 g/mol. The van der Waals surface area contributed by atoms with Gasteiger partial charge in [0, 0.05) is 22.2 Å². The van der Waals surface area contributed by atoms with Crippen LogP contribution in [0.2, 0.25) is 0 Å². The van der Waals surface area contributed by atoms with E-state index in [1.54, 1.807) is 18.2 Å². The number of halogens is 4. The summed E-state index contributed by atoms with van der Waals surface area (Å²) >= 11 is 1.86. The molecule has 2 rings (SSSR count). The number of nitrogens with one attached hydrogen (secondary N) is 1. The molecule has 1 aromatic carbocycles. The molecule has 0 radical (unpaired) electrons. The molecule has 6 heteroatoms. The first kappa shape index (κ1) is 11.6. The third-order valence-electron chi connectivity index (χ3n) is 2.29. The van der Waals surface area contributed by atoms with Crippen LogP contribution in [-0.2, 0) is 6.42 Å². The zero-order valence-corrected chi connectivity index (χ0v) is 10.2. The van der Waals surface area contributed by atoms with Crippen LogP contribution in [-0.4, -0.2) is 11.2 Å². The van der Waals surface area contributed by atoms with Gasteiger partial charge in [-0.3, -0.25) is 0 Å². The minimum Gasteiger partial charge on any atom is -0.398 e. The van der Waals surface area contributed by atoms with Gasteiger partial charge in [-0.2, -0.15) is 13.2 Å². The second kappa shape index (κ2) is 3.83. The summed E-state index contributed by atoms with van der Waals surface area (Å²) in [7, 11) is 0. The van der Waals surface area contributed by atoms with Crippen LogP contribution >= 0.6 is 22.6 Å². The Labute approximate surface area is 103 Å². The van der Waals surface area contributed by atoms with Crippen molar-refractivity contribution in [2.24, 2.45) is 0 Å². The lowest BCUT2D eigenvalue weighted by molar-refractivity contribution is -0.127. The van der Waals surface area contributed by atoms with Crippen LogP contribution in [0.25, 0.3) is 10.9 Å². The number of anilines is 1. The molecule has 3 N–H and O–H groups in total. The first-order valence-corrected chi connectivity index (χ1v) is 5.57. The quantitative estimate of drug-likeness (QED) is 0.606. The van der Waals surface area contributed by atoms with E-state index in [4.69, 9.17) is 5.73 Å². The standard InChI is InChI=1S/C10H8F3IN2/c11-10(12,13)4-5-8-6(15)2-1-3-7(8)16-9(5)14/h1-3,16H,4,15H2. The highest BCUT2D eigenvalue weighted by Gasteiger charge is 2.30. The molecule has 0 spiro atoms. The average molecular weight is 340 g/mol. The molecule has 1 heterocycles. The van der Waals surface area contributed by atoms with Crippen LogP contribution in [0, 0.1) is 3.70 Å². The molecule has 0 unspecified atom stereocenters. The molecule has 2 aromatic rings. The second-order valence-corrected chi connectivity index (χ2v) is 4.56. The molecular formula is C10H8F3IN2. The smallest absolute Gasteiger partial charge is 0.393 e. The first-order valence-electron chi connectivity index (χ1n) is 4.50. The number of H-pyrrole nitrogens is 1. The van der Waals surface area contributed by atoms with Crippen LogP contribution in [0.15, 0.2) is 18.2 Å². The van der Waals surface area contributed by atoms with E-state index >= 15 is 0 Å². The number of hydrogen-bond donors (Lipinski definition) is 2. The molecule has 0 aliphatic heterocycles. The molecule has 0 aliphatic rings. The van der Waals surface area contributed by atoms with E-state index in [1.807, 2.05) is 22.6 Å². The fraction of sp³-hybridized carbons (Fsp3) is 0.200. The van der Waals surface area contributed by atoms with Crippen LogP contribution < -0.4 is 5.73 Å². The average Bonchev–Trinajstić information content (AvgIpc) is 2.42. The Morgan fingerprint density at radius 2 is 2.00 bits per heavy atom. The SMILES string of the molecule is Nc1cccc2[nH]c(I)c(CC(F)(F)F)c12. The van der Waals surface area contributed by atoms with Crippen LogP contribution in [0.5, 0.6) is 0 Å². The van der Waals surface area contributed by atoms with Crippen molar-refractivity contribution < 1.29 is 13.2 Å². The fourth-order valence-corrected chi connectivity index (χ4v) is 2.43. The van der Waals surface area contributed by atoms with Gasteiger partial charge in [-0.05, 0) is 34.7 Å². The fourth-order valence-electron chi connectivity index (χ4n) is 1.68. The van der Waals surface area contributed by atoms with E-state index in [9.17, 15) is 13.2 Å². The maximum absolute atomic E-state index is 12.4. The lowest BCUT2D eigenvalue weighted by Crippen LogP contribution is -2.12. The van der Waals surface area contributed by atoms with Crippen molar-refractivity contribution in [3.05, 3.63) is 27.5 Å². The summed E-state index contributed by atoms with van der Waals surface area (Å²) in [6, 6.07) is 5.03. The van der Waals surface area contributed by atoms with Crippen LogP contribution in [0.3, 0.4) is 0 Å². The number of aromatic amines is 1. The monoisotopic (exact) mass is 340 g/mol. The Balaban J connectivity index is 2.64. The van der Waals surface area contributed by atoms with Crippen molar-refractivity contribution in [2.45, 2.75) is 12.6 Å². The maximum atomic E-state index is 12.4. The summed E-state index contributed by atoms with van der Waals surface area (Å²) in [5.41, 5.74) is 6.94. The topological polar surface area (TPSA) is 41.8 Å². The van der Waals surface area contributed by atoms with E-state index in [1.165, 1.54) is 0 Å². The number of alkyl halides is 3. The zero-order valence-electron chi connectivity index (χ0n) is 8.03. The molecule has 1 aromatic heterocycles. The number of nitrogen functional groups attached to an aromatic ring is 1. The molecule has 2 nitrogen and oxygen atoms in total. The van der Waals surface area contributed by atoms with E-state index in [0.29, 0.717) is 20.3 Å². The van der Waals surface area contributed by atoms with Crippen LogP contribution in [0.4, 0.5) is 18.9 Å². The number of nitrogens with two attached hydrogens (primary N) is 1. The second-order valence-electron chi connectivity index (χ2n) is 3.48. The Morgan fingerprint density at radius 1 is 1.31 bits per heavy atom. The highest BCUT2D eigenvalue weighted by atomic mass is 127. The minimum atomic E-state index is -4.22. The maximum Gasteiger partial charge on any atom is 0.393 e. The van der Waals surface area contributed by atoms with Gasteiger partial charge in [0.15, 0.2) is 0 Å². The molecule has 0 atom stereocenters. The van der Waals surface area contributed by atoms with Gasteiger partial charge in [0.2, 0.25) is 0 Å². The lowest BCUT2D eigenvalue weighted by atomic mass is 10.1. The normalized spacial score (nSPS) is 12.2. The van der Waals surface area contributed by atoms with Gasteiger partial charge in [0.05, 0.1) is 10.1 Å². The van der Waals surface area contributed by atoms with Crippen LogP contribution in [0.1, 0.15) is 5.56 Å². The number of benzene rings is 1. The third-order valence-corrected chi connectivity index (χ3v) is 3.21. The van der Waals surface area contributed by atoms with Crippen molar-refractivity contribution in [3.63, 3.8) is 0 Å². The van der Waals surface area contributed by atoms with E-state index < -0.39 is 12.6 Å². The summed E-state index contributed by atoms with van der Waals surface area (Å²) in [4.78, 5) is 2.90. The van der Waals surface area contributed by atoms with E-state index in [2.05, 4.69) is 4.98 Å². The van der Waals surface area contributed by atoms with Gasteiger partial charge < -0.3 is 10.7 Å². The molecule has 16 heavy (non-hydrogen) atoms. The summed E-state index contributed by atoms with van der Waals surface area (Å²) in [5.74, 6) is 0. The Morgan fingerprint density at radius 3 is 2.62 bits per heavy atom. The minimum absolute atomic E-state index is 0.223. The van der Waals surface area contributed by atoms with Crippen molar-refractivity contribution in [1.82, 2.24) is 4.98 Å². The lowest BCUT2D eigenvalue weighted by Gasteiger charge is -2.06. The summed E-state index contributed by atoms with van der Waals surface area (Å²) < 4.78 is 37.7. The number of fused-ring (bicyclic) bond motifs is 1. The van der Waals surface area contributed by atoms with Gasteiger partial charge >= 0.3 is 6.18 Å². The van der Waals surface area contributed by atoms with Gasteiger partial charge in [0.25, 0.3) is 0 Å². The molecule has 86 valence electrons. The number of aromatic nitrogens is 1. The predicted octanol–water partition coefficient (Wildman–Crippen LogP) is 3.46. The summed E-state index contributed by atoms with van der Waals surface area (Å²) in [6.45, 7) is 0. The molecule has 0 fully saturated rings. The first-order chi connectivity index (χ1) is 7.38. The van der Waals surface area contributed by atoms with Crippen molar-refractivity contribution >= 4 is 39.2 Å². The number of rotatable bonds is 1. The third kappa shape index (κ3) is 2.11. The molecule has 0 saturated carbocycles. The van der Waals surface area contributed by atoms with Gasteiger partial charge in [0.1, 0.15) is 0 Å². The largest absolute Gasteiger partial charge is 0.398 e. The van der Waals surface area contributed by atoms with E-state index in [-0.39, 0.29) is 5.56 Å². The highest BCUT2D eigenvalue weighted by molar-refractivity contribution is 14.1. The van der Waals surface area contributed by atoms with Crippen molar-refractivity contribution in [3.8, 4) is 0 Å². The van der Waals surface area contributed by atoms with Gasteiger partial charge in [-0.15, -0.1) is 0 Å². The van der Waals surface area contributed by atoms with Crippen molar-refractivity contribution in [1.29, 1.82) is 0 Å². The highest BCUT2D eigenvalue weighted by Crippen LogP contribution is 2.33. The molecule has 0 bridgehead atoms. The molecule has 0 amide bonds. The summed E-state index contributed by atoms with van der Waals surface area (Å²) in [6.07, 6.45) is -5.18. The Bertz CT molecular complexity index is 531. The number of hydrogen-bond acceptors (Lipinski definition) is 1. The zero-order chi connectivity index (χ0) is 11.9. The molecule has 0 saturated heterocycles. The van der Waals surface area contributed by atoms with Gasteiger partial charge in [-0.25, -0.2) is 0 Å². The van der Waals surface area contributed by atoms with E-state index in [0.717, 1.165) is 0 Å². The Kier molecular flexibility index (Phi) is 2.77. The summed E-state index contributed by atoms with van der Waals surface area (Å²) in [5, 5.41) is 0.476.